The van der Waals surface area contributed by atoms with Gasteiger partial charge in [-0.3, -0.25) is 4.79 Å². The van der Waals surface area contributed by atoms with Crippen LogP contribution in [0, 0.1) is 13.8 Å². The second-order valence-electron chi connectivity index (χ2n) is 5.36. The van der Waals surface area contributed by atoms with Crippen molar-refractivity contribution >= 4 is 5.91 Å². The van der Waals surface area contributed by atoms with Gasteiger partial charge in [-0.2, -0.15) is 0 Å². The maximum Gasteiger partial charge on any atom is 0.257 e. The second kappa shape index (κ2) is 5.53. The Kier molecular flexibility index (Phi) is 3.97. The van der Waals surface area contributed by atoms with Gasteiger partial charge in [0.25, 0.3) is 5.91 Å². The standard InChI is InChI=1S/C15H20N2O3/c1-9(2)14-7-13(11(4)19-14)15(18)17(5)8-12-6-10(3)20-16-12/h6-7,9H,8H2,1-5H3. The third-order valence-corrected chi connectivity index (χ3v) is 3.16. The highest BCUT2D eigenvalue weighted by Gasteiger charge is 2.20. The van der Waals surface area contributed by atoms with Crippen molar-refractivity contribution in [3.63, 3.8) is 0 Å². The van der Waals surface area contributed by atoms with Gasteiger partial charge < -0.3 is 13.8 Å². The molecule has 0 saturated heterocycles. The van der Waals surface area contributed by atoms with Crippen molar-refractivity contribution in [1.82, 2.24) is 10.1 Å². The zero-order valence-corrected chi connectivity index (χ0v) is 12.6. The predicted molar refractivity (Wildman–Crippen MR) is 74.6 cm³/mol. The van der Waals surface area contributed by atoms with Gasteiger partial charge in [-0.25, -0.2) is 0 Å². The molecule has 5 heteroatoms. The number of aryl methyl sites for hydroxylation is 2. The lowest BCUT2D eigenvalue weighted by Crippen LogP contribution is -2.26. The lowest BCUT2D eigenvalue weighted by molar-refractivity contribution is 0.0780. The van der Waals surface area contributed by atoms with E-state index in [1.165, 1.54) is 0 Å². The Labute approximate surface area is 118 Å². The first-order valence-corrected chi connectivity index (χ1v) is 6.66. The largest absolute Gasteiger partial charge is 0.465 e. The molecule has 20 heavy (non-hydrogen) atoms. The van der Waals surface area contributed by atoms with Crippen LogP contribution in [-0.4, -0.2) is 23.0 Å². The Morgan fingerprint density at radius 1 is 1.35 bits per heavy atom. The van der Waals surface area contributed by atoms with Gasteiger partial charge in [-0.1, -0.05) is 19.0 Å². The molecule has 108 valence electrons. The Balaban J connectivity index is 2.14. The van der Waals surface area contributed by atoms with E-state index in [2.05, 4.69) is 5.16 Å². The Morgan fingerprint density at radius 3 is 2.55 bits per heavy atom. The van der Waals surface area contributed by atoms with E-state index in [0.717, 1.165) is 17.2 Å². The van der Waals surface area contributed by atoms with Gasteiger partial charge in [-0.15, -0.1) is 0 Å². The zero-order valence-electron chi connectivity index (χ0n) is 12.6. The molecule has 0 atom stereocenters. The first-order valence-electron chi connectivity index (χ1n) is 6.66. The molecular formula is C15H20N2O3. The van der Waals surface area contributed by atoms with Crippen molar-refractivity contribution in [3.8, 4) is 0 Å². The van der Waals surface area contributed by atoms with Crippen LogP contribution >= 0.6 is 0 Å². The van der Waals surface area contributed by atoms with Crippen LogP contribution in [0.2, 0.25) is 0 Å². The van der Waals surface area contributed by atoms with E-state index in [1.807, 2.05) is 39.8 Å². The van der Waals surface area contributed by atoms with Gasteiger partial charge >= 0.3 is 0 Å². The minimum absolute atomic E-state index is 0.0706. The molecule has 0 bridgehead atoms. The second-order valence-corrected chi connectivity index (χ2v) is 5.36. The summed E-state index contributed by atoms with van der Waals surface area (Å²) in [6.45, 7) is 8.13. The minimum Gasteiger partial charge on any atom is -0.465 e. The first-order chi connectivity index (χ1) is 9.38. The number of hydrogen-bond acceptors (Lipinski definition) is 4. The summed E-state index contributed by atoms with van der Waals surface area (Å²) >= 11 is 0. The number of carbonyl (C=O) groups is 1. The van der Waals surface area contributed by atoms with Gasteiger partial charge in [0, 0.05) is 19.0 Å². The van der Waals surface area contributed by atoms with E-state index in [4.69, 9.17) is 8.94 Å². The minimum atomic E-state index is -0.0706. The molecule has 0 unspecified atom stereocenters. The molecule has 1 amide bonds. The third kappa shape index (κ3) is 2.92. The molecule has 0 N–H and O–H groups in total. The smallest absolute Gasteiger partial charge is 0.257 e. The summed E-state index contributed by atoms with van der Waals surface area (Å²) < 4.78 is 10.6. The summed E-state index contributed by atoms with van der Waals surface area (Å²) in [6, 6.07) is 3.65. The molecule has 0 aliphatic carbocycles. The highest BCUT2D eigenvalue weighted by atomic mass is 16.5. The van der Waals surface area contributed by atoms with Crippen LogP contribution in [-0.2, 0) is 6.54 Å². The summed E-state index contributed by atoms with van der Waals surface area (Å²) in [5, 5.41) is 3.90. The van der Waals surface area contributed by atoms with Gasteiger partial charge in [0.05, 0.1) is 12.1 Å². The van der Waals surface area contributed by atoms with Crippen molar-refractivity contribution in [2.24, 2.45) is 0 Å². The fraction of sp³-hybridized carbons (Fsp3) is 0.467. The van der Waals surface area contributed by atoms with E-state index in [0.29, 0.717) is 17.9 Å². The Morgan fingerprint density at radius 2 is 2.05 bits per heavy atom. The zero-order chi connectivity index (χ0) is 14.9. The summed E-state index contributed by atoms with van der Waals surface area (Å²) in [7, 11) is 1.74. The molecular weight excluding hydrogens is 256 g/mol. The number of furan rings is 1. The number of aromatic nitrogens is 1. The average Bonchev–Trinajstić information content (AvgIpc) is 2.95. The highest BCUT2D eigenvalue weighted by molar-refractivity contribution is 5.95. The Hall–Kier alpha value is -2.04. The molecule has 0 aromatic carbocycles. The number of carbonyl (C=O) groups excluding carboxylic acids is 1. The van der Waals surface area contributed by atoms with Gasteiger partial charge in [0.2, 0.25) is 0 Å². The van der Waals surface area contributed by atoms with Crippen molar-refractivity contribution in [2.45, 2.75) is 40.2 Å². The highest BCUT2D eigenvalue weighted by Crippen LogP contribution is 2.23. The lowest BCUT2D eigenvalue weighted by atomic mass is 10.1. The van der Waals surface area contributed by atoms with E-state index in [-0.39, 0.29) is 11.8 Å². The van der Waals surface area contributed by atoms with Crippen molar-refractivity contribution in [1.29, 1.82) is 0 Å². The van der Waals surface area contributed by atoms with Crippen LogP contribution in [0.5, 0.6) is 0 Å². The van der Waals surface area contributed by atoms with Crippen LogP contribution in [0.15, 0.2) is 21.1 Å². The predicted octanol–water partition coefficient (Wildman–Crippen LogP) is 3.28. The molecule has 2 heterocycles. The first kappa shape index (κ1) is 14.4. The molecule has 0 fully saturated rings. The number of rotatable bonds is 4. The average molecular weight is 276 g/mol. The molecule has 0 spiro atoms. The molecule has 2 aromatic heterocycles. The Bertz CT molecular complexity index is 610. The van der Waals surface area contributed by atoms with E-state index < -0.39 is 0 Å². The SMILES string of the molecule is Cc1cc(CN(C)C(=O)c2cc(C(C)C)oc2C)no1. The molecule has 2 rings (SSSR count). The normalized spacial score (nSPS) is 11.1. The van der Waals surface area contributed by atoms with E-state index in [1.54, 1.807) is 11.9 Å². The lowest BCUT2D eigenvalue weighted by Gasteiger charge is -2.14. The fourth-order valence-corrected chi connectivity index (χ4v) is 2.01. The van der Waals surface area contributed by atoms with Crippen LogP contribution in [0.4, 0.5) is 0 Å². The fourth-order valence-electron chi connectivity index (χ4n) is 2.01. The molecule has 2 aromatic rings. The monoisotopic (exact) mass is 276 g/mol. The molecule has 0 aliphatic heterocycles. The third-order valence-electron chi connectivity index (χ3n) is 3.16. The van der Waals surface area contributed by atoms with Crippen LogP contribution in [0.3, 0.4) is 0 Å². The summed E-state index contributed by atoms with van der Waals surface area (Å²) in [6.07, 6.45) is 0. The molecule has 0 saturated carbocycles. The van der Waals surface area contributed by atoms with Crippen LogP contribution in [0.1, 0.15) is 53.1 Å². The number of nitrogens with zero attached hydrogens (tertiary/aromatic N) is 2. The van der Waals surface area contributed by atoms with E-state index >= 15 is 0 Å². The van der Waals surface area contributed by atoms with E-state index in [9.17, 15) is 4.79 Å². The van der Waals surface area contributed by atoms with Crippen molar-refractivity contribution in [3.05, 3.63) is 40.7 Å². The molecule has 5 nitrogen and oxygen atoms in total. The van der Waals surface area contributed by atoms with Gasteiger partial charge in [0.15, 0.2) is 0 Å². The van der Waals surface area contributed by atoms with Gasteiger partial charge in [0.1, 0.15) is 23.0 Å². The number of amides is 1. The van der Waals surface area contributed by atoms with Crippen molar-refractivity contribution in [2.75, 3.05) is 7.05 Å². The summed E-state index contributed by atoms with van der Waals surface area (Å²) in [4.78, 5) is 14.0. The summed E-state index contributed by atoms with van der Waals surface area (Å²) in [5.74, 6) is 2.42. The number of hydrogen-bond donors (Lipinski definition) is 0. The summed E-state index contributed by atoms with van der Waals surface area (Å²) in [5.41, 5.74) is 1.35. The quantitative estimate of drug-likeness (QED) is 0.859. The molecule has 0 radical (unpaired) electrons. The topological polar surface area (TPSA) is 59.5 Å². The van der Waals surface area contributed by atoms with Crippen molar-refractivity contribution < 1.29 is 13.7 Å². The van der Waals surface area contributed by atoms with Crippen LogP contribution < -0.4 is 0 Å². The maximum absolute atomic E-state index is 12.4. The molecule has 0 aliphatic rings. The van der Waals surface area contributed by atoms with Gasteiger partial charge in [-0.05, 0) is 19.9 Å². The van der Waals surface area contributed by atoms with Crippen LogP contribution in [0.25, 0.3) is 0 Å². The maximum atomic E-state index is 12.4.